The van der Waals surface area contributed by atoms with Gasteiger partial charge >= 0.3 is 0 Å². The number of anilines is 1. The quantitative estimate of drug-likeness (QED) is 0.778. The number of aryl methyl sites for hydroxylation is 1. The summed E-state index contributed by atoms with van der Waals surface area (Å²) in [6.07, 6.45) is 4.57. The van der Waals surface area contributed by atoms with E-state index in [-0.39, 0.29) is 0 Å². The molecule has 0 aliphatic rings. The lowest BCUT2D eigenvalue weighted by Gasteiger charge is -2.06. The summed E-state index contributed by atoms with van der Waals surface area (Å²) >= 11 is 0. The van der Waals surface area contributed by atoms with E-state index in [2.05, 4.69) is 26.4 Å². The van der Waals surface area contributed by atoms with Crippen molar-refractivity contribution in [3.8, 4) is 11.4 Å². The van der Waals surface area contributed by atoms with Gasteiger partial charge in [0.15, 0.2) is 5.65 Å². The zero-order valence-corrected chi connectivity index (χ0v) is 10.7. The summed E-state index contributed by atoms with van der Waals surface area (Å²) in [5.74, 6) is 1.41. The van der Waals surface area contributed by atoms with E-state index in [1.54, 1.807) is 18.5 Å². The van der Waals surface area contributed by atoms with Crippen LogP contribution in [-0.4, -0.2) is 19.5 Å². The molecule has 0 saturated heterocycles. The van der Waals surface area contributed by atoms with Crippen molar-refractivity contribution in [2.24, 2.45) is 0 Å². The van der Waals surface area contributed by atoms with Crippen molar-refractivity contribution in [1.29, 1.82) is 0 Å². The van der Waals surface area contributed by atoms with Gasteiger partial charge in [0.1, 0.15) is 17.2 Å². The average molecular weight is 253 g/mol. The molecule has 0 aromatic carbocycles. The third-order valence-corrected chi connectivity index (χ3v) is 3.00. The summed E-state index contributed by atoms with van der Waals surface area (Å²) in [7, 11) is 0. The molecule has 0 amide bonds. The number of hydrogen-bond donors (Lipinski definition) is 1. The minimum Gasteiger partial charge on any atom is -0.384 e. The van der Waals surface area contributed by atoms with Crippen LogP contribution < -0.4 is 5.73 Å². The van der Waals surface area contributed by atoms with Crippen LogP contribution in [0.5, 0.6) is 0 Å². The highest BCUT2D eigenvalue weighted by atomic mass is 15.1. The molecule has 3 aromatic heterocycles. The van der Waals surface area contributed by atoms with Gasteiger partial charge in [-0.3, -0.25) is 0 Å². The van der Waals surface area contributed by atoms with Gasteiger partial charge in [-0.05, 0) is 30.7 Å². The van der Waals surface area contributed by atoms with E-state index >= 15 is 0 Å². The average Bonchev–Trinajstić information content (AvgIpc) is 2.79. The molecule has 19 heavy (non-hydrogen) atoms. The van der Waals surface area contributed by atoms with Crippen molar-refractivity contribution < 1.29 is 0 Å². The van der Waals surface area contributed by atoms with E-state index in [1.807, 2.05) is 18.2 Å². The zero-order valence-electron chi connectivity index (χ0n) is 10.7. The maximum atomic E-state index is 5.63. The smallest absolute Gasteiger partial charge is 0.160 e. The first-order chi connectivity index (χ1) is 9.29. The Bertz CT molecular complexity index is 699. The minimum atomic E-state index is 0.514. The second-order valence-corrected chi connectivity index (χ2v) is 4.40. The maximum Gasteiger partial charge on any atom is 0.160 e. The second kappa shape index (κ2) is 4.68. The first-order valence-corrected chi connectivity index (χ1v) is 6.32. The molecule has 96 valence electrons. The van der Waals surface area contributed by atoms with Gasteiger partial charge in [0.25, 0.3) is 0 Å². The molecule has 0 aliphatic carbocycles. The molecule has 0 atom stereocenters. The van der Waals surface area contributed by atoms with Gasteiger partial charge < -0.3 is 10.3 Å². The van der Waals surface area contributed by atoms with Crippen molar-refractivity contribution in [3.05, 3.63) is 36.7 Å². The SMILES string of the molecule is CCCn1c(-c2ccc(N)nc2)nc2cccnc21. The molecular weight excluding hydrogens is 238 g/mol. The van der Waals surface area contributed by atoms with Gasteiger partial charge in [0.05, 0.1) is 0 Å². The number of hydrogen-bond acceptors (Lipinski definition) is 4. The summed E-state index contributed by atoms with van der Waals surface area (Å²) in [4.78, 5) is 13.2. The Morgan fingerprint density at radius 2 is 2.11 bits per heavy atom. The topological polar surface area (TPSA) is 69.6 Å². The monoisotopic (exact) mass is 253 g/mol. The van der Waals surface area contributed by atoms with Crippen molar-refractivity contribution in [2.75, 3.05) is 5.73 Å². The molecule has 3 heterocycles. The Morgan fingerprint density at radius 1 is 1.21 bits per heavy atom. The molecule has 5 heteroatoms. The number of nitrogens with zero attached hydrogens (tertiary/aromatic N) is 4. The van der Waals surface area contributed by atoms with Crippen LogP contribution in [0.4, 0.5) is 5.82 Å². The lowest BCUT2D eigenvalue weighted by atomic mass is 10.2. The Kier molecular flexibility index (Phi) is 2.87. The molecule has 0 radical (unpaired) electrons. The Balaban J connectivity index is 2.21. The number of imidazole rings is 1. The van der Waals surface area contributed by atoms with E-state index < -0.39 is 0 Å². The van der Waals surface area contributed by atoms with Crippen LogP contribution >= 0.6 is 0 Å². The molecule has 2 N–H and O–H groups in total. The van der Waals surface area contributed by atoms with Gasteiger partial charge in [-0.2, -0.15) is 0 Å². The summed E-state index contributed by atoms with van der Waals surface area (Å²) in [5.41, 5.74) is 8.40. The fourth-order valence-electron chi connectivity index (χ4n) is 2.15. The van der Waals surface area contributed by atoms with Gasteiger partial charge in [-0.25, -0.2) is 15.0 Å². The van der Waals surface area contributed by atoms with Crippen LogP contribution in [-0.2, 0) is 6.54 Å². The molecule has 0 unspecified atom stereocenters. The second-order valence-electron chi connectivity index (χ2n) is 4.40. The largest absolute Gasteiger partial charge is 0.384 e. The molecule has 0 aliphatic heterocycles. The summed E-state index contributed by atoms with van der Waals surface area (Å²) in [6.45, 7) is 3.02. The van der Waals surface area contributed by atoms with Crippen LogP contribution in [0.25, 0.3) is 22.6 Å². The fourth-order valence-corrected chi connectivity index (χ4v) is 2.15. The maximum absolute atomic E-state index is 5.63. The predicted octanol–water partition coefficient (Wildman–Crippen LogP) is 2.49. The van der Waals surface area contributed by atoms with Crippen LogP contribution in [0.2, 0.25) is 0 Å². The standard InChI is InChI=1S/C14H15N5/c1-2-8-19-13(10-5-6-12(15)17-9-10)18-11-4-3-7-16-14(11)19/h3-7,9H,2,8H2,1H3,(H2,15,17). The molecular formula is C14H15N5. The lowest BCUT2D eigenvalue weighted by molar-refractivity contribution is 0.698. The Morgan fingerprint density at radius 3 is 2.84 bits per heavy atom. The highest BCUT2D eigenvalue weighted by Crippen LogP contribution is 2.23. The van der Waals surface area contributed by atoms with Crippen LogP contribution in [0.1, 0.15) is 13.3 Å². The molecule has 0 fully saturated rings. The first kappa shape index (κ1) is 11.6. The summed E-state index contributed by atoms with van der Waals surface area (Å²) < 4.78 is 2.13. The zero-order chi connectivity index (χ0) is 13.2. The van der Waals surface area contributed by atoms with E-state index in [0.29, 0.717) is 5.82 Å². The van der Waals surface area contributed by atoms with E-state index in [1.165, 1.54) is 0 Å². The van der Waals surface area contributed by atoms with Crippen molar-refractivity contribution >= 4 is 17.0 Å². The van der Waals surface area contributed by atoms with E-state index in [4.69, 9.17) is 5.73 Å². The first-order valence-electron chi connectivity index (χ1n) is 6.32. The van der Waals surface area contributed by atoms with Gasteiger partial charge in [-0.1, -0.05) is 6.92 Å². The van der Waals surface area contributed by atoms with Crippen molar-refractivity contribution in [3.63, 3.8) is 0 Å². The Labute approximate surface area is 111 Å². The van der Waals surface area contributed by atoms with Gasteiger partial charge in [0.2, 0.25) is 0 Å². The lowest BCUT2D eigenvalue weighted by Crippen LogP contribution is -2.01. The van der Waals surface area contributed by atoms with Crippen molar-refractivity contribution in [2.45, 2.75) is 19.9 Å². The molecule has 3 rings (SSSR count). The minimum absolute atomic E-state index is 0.514. The molecule has 0 bridgehead atoms. The highest BCUT2D eigenvalue weighted by Gasteiger charge is 2.12. The van der Waals surface area contributed by atoms with Gasteiger partial charge in [-0.15, -0.1) is 0 Å². The molecule has 0 saturated carbocycles. The van der Waals surface area contributed by atoms with Crippen LogP contribution in [0.3, 0.4) is 0 Å². The number of aromatic nitrogens is 4. The predicted molar refractivity (Wildman–Crippen MR) is 75.5 cm³/mol. The third-order valence-electron chi connectivity index (χ3n) is 3.00. The molecule has 3 aromatic rings. The third kappa shape index (κ3) is 2.03. The number of rotatable bonds is 3. The highest BCUT2D eigenvalue weighted by molar-refractivity contribution is 5.76. The number of nitrogen functional groups attached to an aromatic ring is 1. The molecule has 5 nitrogen and oxygen atoms in total. The van der Waals surface area contributed by atoms with E-state index in [0.717, 1.165) is 35.5 Å². The number of nitrogens with two attached hydrogens (primary N) is 1. The number of fused-ring (bicyclic) bond motifs is 1. The van der Waals surface area contributed by atoms with Crippen LogP contribution in [0.15, 0.2) is 36.7 Å². The van der Waals surface area contributed by atoms with E-state index in [9.17, 15) is 0 Å². The van der Waals surface area contributed by atoms with Crippen molar-refractivity contribution in [1.82, 2.24) is 19.5 Å². The fraction of sp³-hybridized carbons (Fsp3) is 0.214. The Hall–Kier alpha value is -2.43. The summed E-state index contributed by atoms with van der Waals surface area (Å²) in [6, 6.07) is 7.60. The molecule has 0 spiro atoms. The normalized spacial score (nSPS) is 11.0. The van der Waals surface area contributed by atoms with Crippen LogP contribution in [0, 0.1) is 0 Å². The number of pyridine rings is 2. The summed E-state index contributed by atoms with van der Waals surface area (Å²) in [5, 5.41) is 0. The van der Waals surface area contributed by atoms with Gasteiger partial charge in [0, 0.05) is 24.5 Å².